The third-order valence-corrected chi connectivity index (χ3v) is 2.81. The molecule has 1 aliphatic heterocycles. The van der Waals surface area contributed by atoms with E-state index in [0.717, 1.165) is 22.3 Å². The van der Waals surface area contributed by atoms with Crippen molar-refractivity contribution in [1.29, 1.82) is 0 Å². The first-order valence-corrected chi connectivity index (χ1v) is 5.88. The number of hydrogen-bond acceptors (Lipinski definition) is 2. The first-order chi connectivity index (χ1) is 7.61. The Hall–Kier alpha value is -1.31. The zero-order valence-electron chi connectivity index (χ0n) is 10.6. The zero-order chi connectivity index (χ0) is 12.1. The molecule has 0 amide bonds. The van der Waals surface area contributed by atoms with Crippen molar-refractivity contribution in [1.82, 2.24) is 0 Å². The van der Waals surface area contributed by atoms with E-state index in [9.17, 15) is 4.79 Å². The topological polar surface area (TPSA) is 26.3 Å². The maximum atomic E-state index is 11.2. The molecular weight excluding hydrogens is 200 g/mol. The van der Waals surface area contributed by atoms with Crippen molar-refractivity contribution in [2.75, 3.05) is 0 Å². The second-order valence-electron chi connectivity index (χ2n) is 4.13. The molecule has 0 radical (unpaired) electrons. The highest BCUT2D eigenvalue weighted by Crippen LogP contribution is 2.25. The molecule has 0 spiro atoms. The molecule has 1 aromatic rings. The summed E-state index contributed by atoms with van der Waals surface area (Å²) in [5.74, 6) is -0.175. The van der Waals surface area contributed by atoms with Crippen molar-refractivity contribution in [3.63, 3.8) is 0 Å². The number of aryl methyl sites for hydroxylation is 2. The average Bonchev–Trinajstić information content (AvgIpc) is 2.68. The van der Waals surface area contributed by atoms with Crippen LogP contribution in [-0.4, -0.2) is 5.97 Å². The number of esters is 1. The molecule has 0 aliphatic carbocycles. The highest BCUT2D eigenvalue weighted by molar-refractivity contribution is 5.95. The standard InChI is InChI=1S/C10H10O2.C4H10/c1-6-3-4-7(2)9-8(6)5-12-10(9)11;1-3-4-2/h3-4H,5H2,1-2H3;3-4H2,1-2H3. The Morgan fingerprint density at radius 1 is 1.12 bits per heavy atom. The molecule has 1 aromatic carbocycles. The van der Waals surface area contributed by atoms with Gasteiger partial charge in [0.1, 0.15) is 6.61 Å². The third kappa shape index (κ3) is 2.63. The number of unbranched alkanes of at least 4 members (excludes halogenated alkanes) is 1. The Labute approximate surface area is 97.6 Å². The summed E-state index contributed by atoms with van der Waals surface area (Å²) < 4.78 is 4.95. The van der Waals surface area contributed by atoms with Gasteiger partial charge in [-0.25, -0.2) is 4.79 Å². The number of carbonyl (C=O) groups excluding carboxylic acids is 1. The van der Waals surface area contributed by atoms with Crippen LogP contribution in [0.1, 0.15) is 53.7 Å². The van der Waals surface area contributed by atoms with E-state index in [-0.39, 0.29) is 5.97 Å². The summed E-state index contributed by atoms with van der Waals surface area (Å²) in [5, 5.41) is 0. The first kappa shape index (κ1) is 12.8. The Kier molecular flexibility index (Phi) is 4.53. The van der Waals surface area contributed by atoms with Gasteiger partial charge in [-0.1, -0.05) is 38.8 Å². The first-order valence-electron chi connectivity index (χ1n) is 5.88. The van der Waals surface area contributed by atoms with Crippen molar-refractivity contribution in [3.8, 4) is 0 Å². The average molecular weight is 220 g/mol. The molecule has 0 aromatic heterocycles. The third-order valence-electron chi connectivity index (χ3n) is 2.81. The highest BCUT2D eigenvalue weighted by atomic mass is 16.5. The van der Waals surface area contributed by atoms with Crippen LogP contribution in [0.5, 0.6) is 0 Å². The van der Waals surface area contributed by atoms with Gasteiger partial charge in [-0.15, -0.1) is 0 Å². The van der Waals surface area contributed by atoms with E-state index in [4.69, 9.17) is 4.74 Å². The number of hydrogen-bond donors (Lipinski definition) is 0. The molecule has 0 saturated heterocycles. The van der Waals surface area contributed by atoms with Crippen LogP contribution in [0.4, 0.5) is 0 Å². The largest absolute Gasteiger partial charge is 0.457 e. The molecule has 0 atom stereocenters. The summed E-state index contributed by atoms with van der Waals surface area (Å²) in [4.78, 5) is 11.2. The lowest BCUT2D eigenvalue weighted by atomic mass is 10.00. The SMILES string of the molecule is CCCC.Cc1ccc(C)c2c1COC2=O. The van der Waals surface area contributed by atoms with Crippen LogP contribution in [0.15, 0.2) is 12.1 Å². The van der Waals surface area contributed by atoms with Crippen LogP contribution in [0.2, 0.25) is 0 Å². The van der Waals surface area contributed by atoms with E-state index in [0.29, 0.717) is 6.61 Å². The van der Waals surface area contributed by atoms with Gasteiger partial charge in [-0.3, -0.25) is 0 Å². The second kappa shape index (κ2) is 5.69. The van der Waals surface area contributed by atoms with E-state index >= 15 is 0 Å². The molecule has 2 heteroatoms. The van der Waals surface area contributed by atoms with Gasteiger partial charge in [0.2, 0.25) is 0 Å². The zero-order valence-corrected chi connectivity index (χ0v) is 10.6. The lowest BCUT2D eigenvalue weighted by Crippen LogP contribution is -1.97. The summed E-state index contributed by atoms with van der Waals surface area (Å²) in [6.07, 6.45) is 2.64. The van der Waals surface area contributed by atoms with Gasteiger partial charge in [-0.2, -0.15) is 0 Å². The van der Waals surface area contributed by atoms with Gasteiger partial charge in [0.15, 0.2) is 0 Å². The highest BCUT2D eigenvalue weighted by Gasteiger charge is 2.24. The van der Waals surface area contributed by atoms with Gasteiger partial charge in [-0.05, 0) is 25.0 Å². The van der Waals surface area contributed by atoms with E-state index in [1.165, 1.54) is 12.8 Å². The summed E-state index contributed by atoms with van der Waals surface area (Å²) in [6, 6.07) is 3.98. The molecule has 0 bridgehead atoms. The summed E-state index contributed by atoms with van der Waals surface area (Å²) in [5.41, 5.74) is 3.98. The summed E-state index contributed by atoms with van der Waals surface area (Å²) >= 11 is 0. The Morgan fingerprint density at radius 3 is 2.19 bits per heavy atom. The Morgan fingerprint density at radius 2 is 1.69 bits per heavy atom. The van der Waals surface area contributed by atoms with Crippen molar-refractivity contribution in [3.05, 3.63) is 34.4 Å². The Bertz CT molecular complexity index is 379. The van der Waals surface area contributed by atoms with Crippen molar-refractivity contribution in [2.45, 2.75) is 47.1 Å². The van der Waals surface area contributed by atoms with Gasteiger partial charge in [0.05, 0.1) is 5.56 Å². The summed E-state index contributed by atoms with van der Waals surface area (Å²) in [7, 11) is 0. The minimum absolute atomic E-state index is 0.175. The molecule has 1 heterocycles. The van der Waals surface area contributed by atoms with Gasteiger partial charge < -0.3 is 4.74 Å². The van der Waals surface area contributed by atoms with Crippen LogP contribution in [0.25, 0.3) is 0 Å². The maximum absolute atomic E-state index is 11.2. The lowest BCUT2D eigenvalue weighted by Gasteiger charge is -2.01. The van der Waals surface area contributed by atoms with E-state index in [1.54, 1.807) is 0 Å². The van der Waals surface area contributed by atoms with Crippen LogP contribution in [0.3, 0.4) is 0 Å². The van der Waals surface area contributed by atoms with Gasteiger partial charge in [0.25, 0.3) is 0 Å². The van der Waals surface area contributed by atoms with Crippen LogP contribution in [-0.2, 0) is 11.3 Å². The van der Waals surface area contributed by atoms with Crippen molar-refractivity contribution >= 4 is 5.97 Å². The van der Waals surface area contributed by atoms with E-state index in [2.05, 4.69) is 13.8 Å². The fourth-order valence-corrected chi connectivity index (χ4v) is 1.55. The number of benzene rings is 1. The molecule has 2 nitrogen and oxygen atoms in total. The fourth-order valence-electron chi connectivity index (χ4n) is 1.55. The molecule has 88 valence electrons. The van der Waals surface area contributed by atoms with Crippen LogP contribution < -0.4 is 0 Å². The molecule has 16 heavy (non-hydrogen) atoms. The second-order valence-corrected chi connectivity index (χ2v) is 4.13. The molecule has 1 aliphatic rings. The number of rotatable bonds is 1. The van der Waals surface area contributed by atoms with E-state index < -0.39 is 0 Å². The minimum Gasteiger partial charge on any atom is -0.457 e. The monoisotopic (exact) mass is 220 g/mol. The fraction of sp³-hybridized carbons (Fsp3) is 0.500. The molecule has 0 saturated carbocycles. The quantitative estimate of drug-likeness (QED) is 0.673. The smallest absolute Gasteiger partial charge is 0.339 e. The molecule has 0 N–H and O–H groups in total. The van der Waals surface area contributed by atoms with Gasteiger partial charge in [0, 0.05) is 5.56 Å². The van der Waals surface area contributed by atoms with Crippen LogP contribution in [0, 0.1) is 13.8 Å². The summed E-state index contributed by atoms with van der Waals surface area (Å²) in [6.45, 7) is 8.74. The molecular formula is C14H20O2. The van der Waals surface area contributed by atoms with Crippen molar-refractivity contribution < 1.29 is 9.53 Å². The molecule has 2 rings (SSSR count). The predicted molar refractivity (Wildman–Crippen MR) is 65.6 cm³/mol. The number of carbonyl (C=O) groups is 1. The van der Waals surface area contributed by atoms with Crippen LogP contribution >= 0.6 is 0 Å². The predicted octanol–water partition coefficient (Wildman–Crippen LogP) is 3.78. The van der Waals surface area contributed by atoms with Gasteiger partial charge >= 0.3 is 5.97 Å². The molecule has 0 fully saturated rings. The van der Waals surface area contributed by atoms with E-state index in [1.807, 2.05) is 26.0 Å². The normalized spacial score (nSPS) is 12.6. The number of fused-ring (bicyclic) bond motifs is 1. The van der Waals surface area contributed by atoms with Crippen molar-refractivity contribution in [2.24, 2.45) is 0 Å². The number of cyclic esters (lactones) is 1. The minimum atomic E-state index is -0.175. The molecule has 0 unspecified atom stereocenters. The lowest BCUT2D eigenvalue weighted by molar-refractivity contribution is 0.0534. The number of ether oxygens (including phenoxy) is 1. The Balaban J connectivity index is 0.000000280. The maximum Gasteiger partial charge on any atom is 0.339 e.